The lowest BCUT2D eigenvalue weighted by atomic mass is 10.0. The molecule has 0 saturated carbocycles. The van der Waals surface area contributed by atoms with Crippen LogP contribution in [0.1, 0.15) is 321 Å². The molecule has 0 unspecified atom stereocenters. The van der Waals surface area contributed by atoms with Crippen molar-refractivity contribution in [3.05, 3.63) is 59.7 Å². The number of benzene rings is 2. The van der Waals surface area contributed by atoms with Gasteiger partial charge in [-0.05, 0) is 91.7 Å². The predicted molar refractivity (Wildman–Crippen MR) is 317 cm³/mol. The lowest BCUT2D eigenvalue weighted by Gasteiger charge is -2.18. The Labute approximate surface area is 447 Å². The minimum absolute atomic E-state index is 0.0107. The third-order valence-corrected chi connectivity index (χ3v) is 17.6. The van der Waals surface area contributed by atoms with Crippen LogP contribution in [0.25, 0.3) is 0 Å². The van der Waals surface area contributed by atoms with Crippen molar-refractivity contribution in [1.29, 1.82) is 0 Å². The van der Waals surface area contributed by atoms with Crippen LogP contribution >= 0.6 is 19.0 Å². The Kier molecular flexibility index (Phi) is 47.7. The Balaban J connectivity index is 1.60. The normalized spacial score (nSPS) is 11.5. The topological polar surface area (TPSA) is 44.8 Å². The van der Waals surface area contributed by atoms with Crippen molar-refractivity contribution in [3.8, 4) is 11.5 Å². The smallest absolute Gasteiger partial charge is 0.360 e. The zero-order chi connectivity index (χ0) is 50.6. The molecule has 71 heavy (non-hydrogen) atoms. The molecule has 0 N–H and O–H groups in total. The van der Waals surface area contributed by atoms with Crippen LogP contribution in [-0.4, -0.2) is 18.3 Å². The fourth-order valence-electron chi connectivity index (χ4n) is 9.79. The van der Waals surface area contributed by atoms with Gasteiger partial charge in [0.25, 0.3) is 0 Å². The summed E-state index contributed by atoms with van der Waals surface area (Å²) in [7, 11) is -1.15. The van der Waals surface area contributed by atoms with Crippen molar-refractivity contribution < 1.29 is 18.6 Å². The van der Waals surface area contributed by atoms with Crippen LogP contribution in [0.3, 0.4) is 0 Å². The molecule has 6 heteroatoms. The third kappa shape index (κ3) is 43.3. The number of carbonyl (C=O) groups is 1. The maximum absolute atomic E-state index is 12.2. The molecule has 2 aromatic carbocycles. The highest BCUT2D eigenvalue weighted by molar-refractivity contribution is 8.53. The van der Waals surface area contributed by atoms with Gasteiger partial charge >= 0.3 is 13.5 Å². The van der Waals surface area contributed by atoms with Crippen molar-refractivity contribution in [1.82, 2.24) is 0 Å². The number of unbranched alkanes of at least 4 members (excludes halogenated alkanes) is 40. The van der Waals surface area contributed by atoms with E-state index in [2.05, 4.69) is 69.3 Å². The van der Waals surface area contributed by atoms with E-state index >= 15 is 0 Å². The number of carbonyl (C=O) groups excluding carboxylic acids is 1. The molecule has 2 rings (SSSR count). The fourth-order valence-corrected chi connectivity index (χ4v) is 12.7. The molecule has 0 fully saturated rings. The third-order valence-electron chi connectivity index (χ3n) is 14.6. The highest BCUT2D eigenvalue weighted by atomic mass is 32.7. The predicted octanol–water partition coefficient (Wildman–Crippen LogP) is 23.3. The Morgan fingerprint density at radius 1 is 0.352 bits per heavy atom. The van der Waals surface area contributed by atoms with E-state index in [9.17, 15) is 4.79 Å². The van der Waals surface area contributed by atoms with E-state index in [0.29, 0.717) is 13.0 Å². The van der Waals surface area contributed by atoms with Gasteiger partial charge in [0.2, 0.25) is 0 Å². The van der Waals surface area contributed by atoms with Gasteiger partial charge in [-0.25, -0.2) is 0 Å². The maximum Gasteiger partial charge on any atom is 0.360 e. The van der Waals surface area contributed by atoms with Gasteiger partial charge in [-0.2, -0.15) is 0 Å². The summed E-state index contributed by atoms with van der Waals surface area (Å²) in [6, 6.07) is 17.8. The van der Waals surface area contributed by atoms with E-state index in [1.54, 1.807) is 0 Å². The molecule has 0 atom stereocenters. The molecular weight excluding hydrogens is 908 g/mol. The molecule has 410 valence electrons. The number of rotatable bonds is 55. The highest BCUT2D eigenvalue weighted by Crippen LogP contribution is 2.52. The highest BCUT2D eigenvalue weighted by Gasteiger charge is 2.17. The largest absolute Gasteiger partial charge is 0.466 e. The van der Waals surface area contributed by atoms with Gasteiger partial charge in [0.15, 0.2) is 0 Å². The number of aryl methyl sites for hydroxylation is 2. The van der Waals surface area contributed by atoms with Gasteiger partial charge in [-0.3, -0.25) is 4.79 Å². The summed E-state index contributed by atoms with van der Waals surface area (Å²) in [5.74, 6) is 2.92. The van der Waals surface area contributed by atoms with Gasteiger partial charge in [-0.1, -0.05) is 295 Å². The molecule has 0 aliphatic rings. The average Bonchev–Trinajstić information content (AvgIpc) is 3.38. The molecule has 0 aromatic heterocycles. The van der Waals surface area contributed by atoms with Crippen molar-refractivity contribution >= 4 is 24.9 Å². The van der Waals surface area contributed by atoms with E-state index in [0.717, 1.165) is 49.4 Å². The Hall–Kier alpha value is -1.71. The van der Waals surface area contributed by atoms with Crippen LogP contribution in [0.15, 0.2) is 48.5 Å². The molecule has 4 nitrogen and oxygen atoms in total. The van der Waals surface area contributed by atoms with E-state index in [4.69, 9.17) is 13.8 Å². The van der Waals surface area contributed by atoms with Gasteiger partial charge < -0.3 is 13.8 Å². The number of hydrogen-bond acceptors (Lipinski definition) is 5. The molecule has 0 aliphatic carbocycles. The van der Waals surface area contributed by atoms with Gasteiger partial charge in [0.05, 0.1) is 6.61 Å². The monoisotopic (exact) mass is 1020 g/mol. The molecule has 0 spiro atoms. The summed E-state index contributed by atoms with van der Waals surface area (Å²) in [5.41, 5.74) is 2.83. The van der Waals surface area contributed by atoms with Crippen LogP contribution < -0.4 is 9.05 Å². The van der Waals surface area contributed by atoms with E-state index in [-0.39, 0.29) is 5.97 Å². The second-order valence-electron chi connectivity index (χ2n) is 21.5. The van der Waals surface area contributed by atoms with Gasteiger partial charge in [0.1, 0.15) is 11.5 Å². The first kappa shape index (κ1) is 65.4. The second kappa shape index (κ2) is 51.8. The maximum atomic E-state index is 12.2. The Bertz CT molecular complexity index is 1310. The van der Waals surface area contributed by atoms with Crippen molar-refractivity contribution in [2.45, 2.75) is 323 Å². The zero-order valence-corrected chi connectivity index (χ0v) is 49.0. The molecule has 0 radical (unpaired) electrons. The summed E-state index contributed by atoms with van der Waals surface area (Å²) in [6.07, 6.45) is 61.7. The number of hydrogen-bond donors (Lipinski definition) is 0. The van der Waals surface area contributed by atoms with Crippen molar-refractivity contribution in [2.24, 2.45) is 0 Å². The van der Waals surface area contributed by atoms with Crippen LogP contribution in [0.2, 0.25) is 0 Å². The minimum atomic E-state index is -1.15. The number of esters is 1. The van der Waals surface area contributed by atoms with Gasteiger partial charge in [-0.15, -0.1) is 0 Å². The Morgan fingerprint density at radius 2 is 0.634 bits per heavy atom. The van der Waals surface area contributed by atoms with Crippen molar-refractivity contribution in [2.75, 3.05) is 12.4 Å². The first-order valence-electron chi connectivity index (χ1n) is 31.3. The van der Waals surface area contributed by atoms with Crippen LogP contribution in [-0.2, 0) is 22.4 Å². The molecule has 0 heterocycles. The summed E-state index contributed by atoms with van der Waals surface area (Å²) >= 11 is 1.86. The minimum Gasteiger partial charge on any atom is -0.466 e. The SMILES string of the molecule is CCCCCCCCCCCCCOC(=O)CCCCCCCCCCCCCSP(Oc1ccc(CCCCCCCCCCCCC)cc1)Oc1ccc(CCCCCCCCCCCCC)cc1. The Morgan fingerprint density at radius 3 is 0.972 bits per heavy atom. The first-order chi connectivity index (χ1) is 35.1. The summed E-state index contributed by atoms with van der Waals surface area (Å²) < 4.78 is 18.7. The lowest BCUT2D eigenvalue weighted by molar-refractivity contribution is -0.143. The summed E-state index contributed by atoms with van der Waals surface area (Å²) in [6.45, 7) is 7.49. The fraction of sp³-hybridized carbons (Fsp3) is 0.800. The molecule has 0 saturated heterocycles. The molecule has 2 aromatic rings. The first-order valence-corrected chi connectivity index (χ1v) is 34.0. The van der Waals surface area contributed by atoms with E-state index in [1.807, 2.05) is 11.4 Å². The van der Waals surface area contributed by atoms with E-state index in [1.165, 1.54) is 274 Å². The summed E-state index contributed by atoms with van der Waals surface area (Å²) in [4.78, 5) is 12.2. The lowest BCUT2D eigenvalue weighted by Crippen LogP contribution is -2.05. The summed E-state index contributed by atoms with van der Waals surface area (Å²) in [5, 5.41) is 0. The van der Waals surface area contributed by atoms with Crippen molar-refractivity contribution in [3.63, 3.8) is 0 Å². The quantitative estimate of drug-likeness (QED) is 0.0375. The molecule has 0 aliphatic heterocycles. The molecule has 0 bridgehead atoms. The molecular formula is C65H115O4PS. The van der Waals surface area contributed by atoms with Crippen LogP contribution in [0, 0.1) is 0 Å². The van der Waals surface area contributed by atoms with Gasteiger partial charge in [0, 0.05) is 12.2 Å². The number of ether oxygens (including phenoxy) is 1. The zero-order valence-electron chi connectivity index (χ0n) is 47.3. The van der Waals surface area contributed by atoms with E-state index < -0.39 is 7.58 Å². The standard InChI is InChI=1S/C65H115O4PS/c1-4-7-10-13-16-19-23-28-33-38-43-48-61-51-55-63(56-52-61)68-70(69-64-57-53-62(54-58-64)49-44-39-34-29-24-20-17-14-11-8-5-2)71-60-47-42-37-32-27-22-25-30-35-40-45-50-65(66)67-59-46-41-36-31-26-21-18-15-12-9-6-3/h51-58H,4-50,59-60H2,1-3H3. The van der Waals surface area contributed by atoms with Crippen LogP contribution in [0.5, 0.6) is 11.5 Å². The average molecular weight is 1020 g/mol. The second-order valence-corrected chi connectivity index (χ2v) is 24.6. The molecule has 0 amide bonds. The van der Waals surface area contributed by atoms with Crippen LogP contribution in [0.4, 0.5) is 0 Å².